The van der Waals surface area contributed by atoms with Gasteiger partial charge < -0.3 is 10.6 Å². The molecule has 0 bridgehead atoms. The number of carbonyl (C=O) groups is 1. The molecule has 0 spiro atoms. The smallest absolute Gasteiger partial charge is 0.237 e. The average molecular weight is 311 g/mol. The molecule has 2 atom stereocenters. The summed E-state index contributed by atoms with van der Waals surface area (Å²) in [5.74, 6) is 0.116. The highest BCUT2D eigenvalue weighted by molar-refractivity contribution is 9.10. The van der Waals surface area contributed by atoms with Gasteiger partial charge in [-0.1, -0.05) is 34.5 Å². The maximum atomic E-state index is 12.1. The molecule has 1 aliphatic rings. The molecule has 1 aliphatic heterocycles. The Kier molecular flexibility index (Phi) is 4.78. The SMILES string of the molecule is C[C@H](NC(=O)C1CCCCN1)c1ccc(Br)cc1. The molecule has 1 unspecified atom stereocenters. The van der Waals surface area contributed by atoms with E-state index in [0.717, 1.165) is 29.4 Å². The summed E-state index contributed by atoms with van der Waals surface area (Å²) in [6.45, 7) is 2.97. The molecule has 18 heavy (non-hydrogen) atoms. The Hall–Kier alpha value is -0.870. The number of nitrogens with one attached hydrogen (secondary N) is 2. The summed E-state index contributed by atoms with van der Waals surface area (Å²) in [5.41, 5.74) is 1.13. The molecule has 0 aromatic heterocycles. The van der Waals surface area contributed by atoms with E-state index in [1.54, 1.807) is 0 Å². The Bertz CT molecular complexity index is 399. The van der Waals surface area contributed by atoms with Gasteiger partial charge in [0, 0.05) is 4.47 Å². The summed E-state index contributed by atoms with van der Waals surface area (Å²) in [7, 11) is 0. The molecule has 4 heteroatoms. The average Bonchev–Trinajstić information content (AvgIpc) is 2.40. The third-order valence-electron chi connectivity index (χ3n) is 3.36. The van der Waals surface area contributed by atoms with E-state index in [1.807, 2.05) is 31.2 Å². The lowest BCUT2D eigenvalue weighted by molar-refractivity contribution is -0.124. The van der Waals surface area contributed by atoms with Gasteiger partial charge in [0.1, 0.15) is 0 Å². The van der Waals surface area contributed by atoms with Gasteiger partial charge in [-0.2, -0.15) is 0 Å². The van der Waals surface area contributed by atoms with E-state index in [1.165, 1.54) is 6.42 Å². The third kappa shape index (κ3) is 3.56. The molecule has 0 aliphatic carbocycles. The topological polar surface area (TPSA) is 41.1 Å². The molecular formula is C14H19BrN2O. The van der Waals surface area contributed by atoms with Gasteiger partial charge in [0.15, 0.2) is 0 Å². The largest absolute Gasteiger partial charge is 0.348 e. The van der Waals surface area contributed by atoms with Gasteiger partial charge >= 0.3 is 0 Å². The number of amides is 1. The maximum Gasteiger partial charge on any atom is 0.237 e. The highest BCUT2D eigenvalue weighted by Gasteiger charge is 2.21. The van der Waals surface area contributed by atoms with Gasteiger partial charge in [-0.15, -0.1) is 0 Å². The molecule has 1 amide bonds. The van der Waals surface area contributed by atoms with Gasteiger partial charge in [-0.3, -0.25) is 4.79 Å². The van der Waals surface area contributed by atoms with Crippen LogP contribution in [0.25, 0.3) is 0 Å². The van der Waals surface area contributed by atoms with Crippen LogP contribution in [0.15, 0.2) is 28.7 Å². The van der Waals surface area contributed by atoms with Crippen molar-refractivity contribution in [1.29, 1.82) is 0 Å². The summed E-state index contributed by atoms with van der Waals surface area (Å²) in [6, 6.07) is 8.09. The fourth-order valence-electron chi connectivity index (χ4n) is 2.22. The van der Waals surface area contributed by atoms with Gasteiger partial charge in [0.05, 0.1) is 12.1 Å². The van der Waals surface area contributed by atoms with E-state index in [9.17, 15) is 4.79 Å². The highest BCUT2D eigenvalue weighted by atomic mass is 79.9. The molecule has 3 nitrogen and oxygen atoms in total. The fourth-order valence-corrected chi connectivity index (χ4v) is 2.49. The summed E-state index contributed by atoms with van der Waals surface area (Å²) in [4.78, 5) is 12.1. The van der Waals surface area contributed by atoms with E-state index < -0.39 is 0 Å². The van der Waals surface area contributed by atoms with Crippen LogP contribution in [0, 0.1) is 0 Å². The Morgan fingerprint density at radius 1 is 1.39 bits per heavy atom. The summed E-state index contributed by atoms with van der Waals surface area (Å²) < 4.78 is 1.05. The van der Waals surface area contributed by atoms with Crippen LogP contribution in [0.4, 0.5) is 0 Å². The van der Waals surface area contributed by atoms with Gasteiger partial charge in [-0.05, 0) is 44.0 Å². The molecule has 1 aromatic carbocycles. The zero-order valence-electron chi connectivity index (χ0n) is 10.6. The van der Waals surface area contributed by atoms with Crippen LogP contribution in [-0.4, -0.2) is 18.5 Å². The van der Waals surface area contributed by atoms with Crippen molar-refractivity contribution in [1.82, 2.24) is 10.6 Å². The Morgan fingerprint density at radius 3 is 2.72 bits per heavy atom. The van der Waals surface area contributed by atoms with Crippen molar-refractivity contribution in [3.63, 3.8) is 0 Å². The molecule has 0 radical (unpaired) electrons. The van der Waals surface area contributed by atoms with E-state index in [0.29, 0.717) is 0 Å². The van der Waals surface area contributed by atoms with Gasteiger partial charge in [-0.25, -0.2) is 0 Å². The van der Waals surface area contributed by atoms with E-state index in [2.05, 4.69) is 26.6 Å². The maximum absolute atomic E-state index is 12.1. The highest BCUT2D eigenvalue weighted by Crippen LogP contribution is 2.17. The molecule has 2 rings (SSSR count). The first kappa shape index (κ1) is 13.6. The first-order valence-electron chi connectivity index (χ1n) is 6.46. The van der Waals surface area contributed by atoms with Crippen LogP contribution >= 0.6 is 15.9 Å². The zero-order chi connectivity index (χ0) is 13.0. The Balaban J connectivity index is 1.91. The van der Waals surface area contributed by atoms with Crippen molar-refractivity contribution in [3.8, 4) is 0 Å². The van der Waals surface area contributed by atoms with E-state index in [-0.39, 0.29) is 18.0 Å². The van der Waals surface area contributed by atoms with Crippen molar-refractivity contribution in [2.45, 2.75) is 38.3 Å². The molecular weight excluding hydrogens is 292 g/mol. The van der Waals surface area contributed by atoms with Crippen molar-refractivity contribution >= 4 is 21.8 Å². The van der Waals surface area contributed by atoms with Gasteiger partial charge in [0.25, 0.3) is 0 Å². The lowest BCUT2D eigenvalue weighted by Gasteiger charge is -2.24. The number of piperidine rings is 1. The number of carbonyl (C=O) groups excluding carboxylic acids is 1. The molecule has 1 aromatic rings. The summed E-state index contributed by atoms with van der Waals surface area (Å²) in [6.07, 6.45) is 3.25. The Labute approximate surface area is 116 Å². The molecule has 1 heterocycles. The molecule has 98 valence electrons. The monoisotopic (exact) mass is 310 g/mol. The predicted molar refractivity (Wildman–Crippen MR) is 76.3 cm³/mol. The molecule has 1 saturated heterocycles. The molecule has 2 N–H and O–H groups in total. The number of benzene rings is 1. The fraction of sp³-hybridized carbons (Fsp3) is 0.500. The summed E-state index contributed by atoms with van der Waals surface area (Å²) in [5, 5.41) is 6.33. The number of halogens is 1. The number of hydrogen-bond acceptors (Lipinski definition) is 2. The second kappa shape index (κ2) is 6.34. The van der Waals surface area contributed by atoms with Crippen LogP contribution in [0.2, 0.25) is 0 Å². The van der Waals surface area contributed by atoms with Crippen LogP contribution in [0.3, 0.4) is 0 Å². The third-order valence-corrected chi connectivity index (χ3v) is 3.88. The Morgan fingerprint density at radius 2 is 2.11 bits per heavy atom. The molecule has 1 fully saturated rings. The number of hydrogen-bond donors (Lipinski definition) is 2. The first-order valence-corrected chi connectivity index (χ1v) is 7.25. The lowest BCUT2D eigenvalue weighted by atomic mass is 10.0. The second-order valence-electron chi connectivity index (χ2n) is 4.78. The minimum Gasteiger partial charge on any atom is -0.348 e. The minimum absolute atomic E-state index is 0.0170. The van der Waals surface area contributed by atoms with Crippen molar-refractivity contribution in [2.75, 3.05) is 6.54 Å². The van der Waals surface area contributed by atoms with E-state index in [4.69, 9.17) is 0 Å². The molecule has 0 saturated carbocycles. The van der Waals surface area contributed by atoms with Crippen LogP contribution in [0.5, 0.6) is 0 Å². The number of rotatable bonds is 3. The summed E-state index contributed by atoms with van der Waals surface area (Å²) >= 11 is 3.41. The van der Waals surface area contributed by atoms with E-state index >= 15 is 0 Å². The first-order chi connectivity index (χ1) is 8.66. The van der Waals surface area contributed by atoms with Gasteiger partial charge in [0.2, 0.25) is 5.91 Å². The van der Waals surface area contributed by atoms with Crippen molar-refractivity contribution in [3.05, 3.63) is 34.3 Å². The quantitative estimate of drug-likeness (QED) is 0.901. The minimum atomic E-state index is -0.0170. The van der Waals surface area contributed by atoms with Crippen LogP contribution in [0.1, 0.15) is 37.8 Å². The zero-order valence-corrected chi connectivity index (χ0v) is 12.2. The second-order valence-corrected chi connectivity index (χ2v) is 5.70. The standard InChI is InChI=1S/C14H19BrN2O/c1-10(11-5-7-12(15)8-6-11)17-14(18)13-4-2-3-9-16-13/h5-8,10,13,16H,2-4,9H2,1H3,(H,17,18)/t10-,13?/m0/s1. The van der Waals surface area contributed by atoms with Crippen molar-refractivity contribution < 1.29 is 4.79 Å². The predicted octanol–water partition coefficient (Wildman–Crippen LogP) is 2.77. The van der Waals surface area contributed by atoms with Crippen molar-refractivity contribution in [2.24, 2.45) is 0 Å². The lowest BCUT2D eigenvalue weighted by Crippen LogP contribution is -2.47. The van der Waals surface area contributed by atoms with Crippen LogP contribution < -0.4 is 10.6 Å². The normalized spacial score (nSPS) is 21.3. The van der Waals surface area contributed by atoms with Crippen LogP contribution in [-0.2, 0) is 4.79 Å².